The summed E-state index contributed by atoms with van der Waals surface area (Å²) in [6.07, 6.45) is 6.12. The summed E-state index contributed by atoms with van der Waals surface area (Å²) >= 11 is 0. The minimum atomic E-state index is -3.16. The maximum Gasteiger partial charge on any atom is 0.256 e. The lowest BCUT2D eigenvalue weighted by Crippen LogP contribution is -2.63. The third-order valence-electron chi connectivity index (χ3n) is 7.99. The third kappa shape index (κ3) is 3.80. The van der Waals surface area contributed by atoms with Crippen molar-refractivity contribution in [3.05, 3.63) is 76.9 Å². The van der Waals surface area contributed by atoms with Gasteiger partial charge in [0.05, 0.1) is 42.4 Å². The van der Waals surface area contributed by atoms with Gasteiger partial charge in [-0.2, -0.15) is 0 Å². The number of nitrogens with one attached hydrogen (secondary N) is 1. The minimum absolute atomic E-state index is 0.0401. The highest BCUT2D eigenvalue weighted by atomic mass is 32.2. The van der Waals surface area contributed by atoms with Crippen LogP contribution in [0, 0.1) is 24.0 Å². The van der Waals surface area contributed by atoms with E-state index in [1.165, 1.54) is 0 Å². The molecule has 0 saturated carbocycles. The number of amidine groups is 1. The predicted octanol–water partition coefficient (Wildman–Crippen LogP) is 3.98. The topological polar surface area (TPSA) is 98.0 Å². The van der Waals surface area contributed by atoms with E-state index in [9.17, 15) is 17.2 Å². The van der Waals surface area contributed by atoms with Crippen LogP contribution in [0.5, 0.6) is 5.75 Å². The first-order valence-corrected chi connectivity index (χ1v) is 14.9. The lowest BCUT2D eigenvalue weighted by molar-refractivity contribution is -0.0999. The highest BCUT2D eigenvalue weighted by Gasteiger charge is 2.61. The van der Waals surface area contributed by atoms with E-state index in [1.54, 1.807) is 6.33 Å². The van der Waals surface area contributed by atoms with E-state index in [2.05, 4.69) is 15.5 Å². The van der Waals surface area contributed by atoms with Crippen LogP contribution in [0.25, 0.3) is 11.8 Å². The van der Waals surface area contributed by atoms with Crippen molar-refractivity contribution < 1.29 is 26.8 Å². The molecule has 208 valence electrons. The standard InChI is InChI=1S/C28H27F2N5O4S/c1-3-38-25-7-18(4-5-24(25)34-11-17(2)32-16-34)6-19-10-27(14-40(36,37)15-27)13-35-26(19)33-39-28(35)12-31-23-9-22(30)21(29)8-20(23)28/h4-9,11,16,31H,3,10,12-15H2,1-2H3/b19-6+. The zero-order valence-electron chi connectivity index (χ0n) is 21.9. The molecule has 4 aliphatic heterocycles. The number of nitrogens with zero attached hydrogens (tertiary/aromatic N) is 4. The molecular formula is C28H27F2N5O4S. The average Bonchev–Trinajstić information content (AvgIpc) is 3.57. The number of benzene rings is 2. The molecule has 1 atom stereocenters. The number of sulfone groups is 1. The van der Waals surface area contributed by atoms with Gasteiger partial charge in [0.2, 0.25) is 0 Å². The number of anilines is 1. The van der Waals surface area contributed by atoms with E-state index in [0.717, 1.165) is 34.7 Å². The summed E-state index contributed by atoms with van der Waals surface area (Å²) in [5.74, 6) is -0.625. The van der Waals surface area contributed by atoms with Gasteiger partial charge >= 0.3 is 0 Å². The van der Waals surface area contributed by atoms with Crippen LogP contribution in [-0.2, 0) is 20.4 Å². The SMILES string of the molecule is CCOc1cc(/C=C2\CC3(CN4C2=NOC42CNc4cc(F)c(F)cc42)CS(=O)(=O)C3)ccc1-n1cnc(C)c1. The molecule has 0 amide bonds. The van der Waals surface area contributed by atoms with Crippen molar-refractivity contribution in [3.63, 3.8) is 0 Å². The number of ether oxygens (including phenoxy) is 1. The Morgan fingerprint density at radius 1 is 1.20 bits per heavy atom. The molecule has 4 aliphatic rings. The number of aryl methyl sites for hydroxylation is 1. The number of hydrogen-bond donors (Lipinski definition) is 1. The smallest absolute Gasteiger partial charge is 0.256 e. The second-order valence-electron chi connectivity index (χ2n) is 11.0. The number of piperidine rings is 1. The lowest BCUT2D eigenvalue weighted by atomic mass is 9.78. The second-order valence-corrected chi connectivity index (χ2v) is 13.1. The Morgan fingerprint density at radius 2 is 2.00 bits per heavy atom. The van der Waals surface area contributed by atoms with E-state index in [0.29, 0.717) is 42.4 Å². The Bertz CT molecular complexity index is 1720. The van der Waals surface area contributed by atoms with Gasteiger partial charge < -0.3 is 24.4 Å². The van der Waals surface area contributed by atoms with E-state index < -0.39 is 32.6 Å². The molecule has 2 spiro atoms. The molecule has 0 aliphatic carbocycles. The summed E-state index contributed by atoms with van der Waals surface area (Å²) in [4.78, 5) is 12.3. The van der Waals surface area contributed by atoms with Crippen LogP contribution in [0.1, 0.15) is 30.2 Å². The van der Waals surface area contributed by atoms with Crippen LogP contribution in [0.4, 0.5) is 14.5 Å². The van der Waals surface area contributed by atoms with E-state index in [-0.39, 0.29) is 18.1 Å². The van der Waals surface area contributed by atoms with Crippen molar-refractivity contribution in [1.82, 2.24) is 14.5 Å². The Hall–Kier alpha value is -3.93. The van der Waals surface area contributed by atoms with Crippen LogP contribution in [-0.4, -0.2) is 59.9 Å². The van der Waals surface area contributed by atoms with Crippen molar-refractivity contribution in [2.75, 3.05) is 36.5 Å². The summed E-state index contributed by atoms with van der Waals surface area (Å²) in [7, 11) is -3.16. The Balaban J connectivity index is 1.30. The molecule has 0 radical (unpaired) electrons. The maximum atomic E-state index is 14.4. The fourth-order valence-corrected chi connectivity index (χ4v) is 8.57. The first-order valence-electron chi connectivity index (χ1n) is 13.1. The monoisotopic (exact) mass is 567 g/mol. The molecule has 2 aromatic carbocycles. The van der Waals surface area contributed by atoms with Crippen LogP contribution in [0.2, 0.25) is 0 Å². The van der Waals surface area contributed by atoms with Gasteiger partial charge in [0.1, 0.15) is 5.75 Å². The molecule has 9 nitrogen and oxygen atoms in total. The van der Waals surface area contributed by atoms with E-state index in [4.69, 9.17) is 9.57 Å². The quantitative estimate of drug-likeness (QED) is 0.509. The van der Waals surface area contributed by atoms with Crippen LogP contribution in [0.3, 0.4) is 0 Å². The summed E-state index contributed by atoms with van der Waals surface area (Å²) in [5, 5.41) is 7.55. The predicted molar refractivity (Wildman–Crippen MR) is 145 cm³/mol. The normalized spacial score (nSPS) is 24.4. The van der Waals surface area contributed by atoms with Gasteiger partial charge in [0.25, 0.3) is 5.72 Å². The highest BCUT2D eigenvalue weighted by molar-refractivity contribution is 7.92. The number of aromatic nitrogens is 2. The maximum absolute atomic E-state index is 14.4. The van der Waals surface area contributed by atoms with Crippen LogP contribution < -0.4 is 10.1 Å². The molecule has 2 fully saturated rings. The van der Waals surface area contributed by atoms with Crippen LogP contribution >= 0.6 is 0 Å². The number of hydrogen-bond acceptors (Lipinski definition) is 8. The van der Waals surface area contributed by atoms with Crippen molar-refractivity contribution in [3.8, 4) is 11.4 Å². The number of imidazole rings is 1. The van der Waals surface area contributed by atoms with Gasteiger partial charge in [-0.05, 0) is 55.7 Å². The number of halogens is 2. The molecule has 1 N–H and O–H groups in total. The molecule has 1 unspecified atom stereocenters. The molecule has 40 heavy (non-hydrogen) atoms. The second kappa shape index (κ2) is 8.53. The highest BCUT2D eigenvalue weighted by Crippen LogP contribution is 2.52. The van der Waals surface area contributed by atoms with Gasteiger partial charge in [-0.1, -0.05) is 11.2 Å². The summed E-state index contributed by atoms with van der Waals surface area (Å²) in [6, 6.07) is 8.09. The first kappa shape index (κ1) is 25.1. The lowest BCUT2D eigenvalue weighted by Gasteiger charge is -2.50. The number of oxime groups is 1. The Labute approximate surface area is 230 Å². The summed E-state index contributed by atoms with van der Waals surface area (Å²) < 4.78 is 61.0. The van der Waals surface area contributed by atoms with Crippen molar-refractivity contribution in [2.45, 2.75) is 26.0 Å². The largest absolute Gasteiger partial charge is 0.492 e. The van der Waals surface area contributed by atoms with Gasteiger partial charge in [0, 0.05) is 35.5 Å². The van der Waals surface area contributed by atoms with Crippen molar-refractivity contribution in [1.29, 1.82) is 0 Å². The average molecular weight is 568 g/mol. The number of fused-ring (bicyclic) bond motifs is 4. The minimum Gasteiger partial charge on any atom is -0.492 e. The molecule has 7 rings (SSSR count). The van der Waals surface area contributed by atoms with Gasteiger partial charge in [0.15, 0.2) is 27.3 Å². The fourth-order valence-electron chi connectivity index (χ4n) is 6.40. The fraction of sp³-hybridized carbons (Fsp3) is 0.357. The molecule has 5 heterocycles. The molecule has 2 saturated heterocycles. The number of rotatable bonds is 4. The molecule has 1 aromatic heterocycles. The molecular weight excluding hydrogens is 540 g/mol. The zero-order valence-corrected chi connectivity index (χ0v) is 22.8. The van der Waals surface area contributed by atoms with Gasteiger partial charge in [-0.15, -0.1) is 0 Å². The Kier molecular flexibility index (Phi) is 5.35. The van der Waals surface area contributed by atoms with Gasteiger partial charge in [-0.25, -0.2) is 22.2 Å². The molecule has 3 aromatic rings. The van der Waals surface area contributed by atoms with Crippen LogP contribution in [0.15, 0.2) is 53.6 Å². The summed E-state index contributed by atoms with van der Waals surface area (Å²) in [6.45, 7) is 4.89. The van der Waals surface area contributed by atoms with Gasteiger partial charge in [-0.3, -0.25) is 0 Å². The van der Waals surface area contributed by atoms with E-state index >= 15 is 0 Å². The van der Waals surface area contributed by atoms with E-state index in [1.807, 2.05) is 53.8 Å². The molecule has 12 heteroatoms. The third-order valence-corrected chi connectivity index (χ3v) is 10.1. The van der Waals surface area contributed by atoms with Crippen molar-refractivity contribution >= 4 is 27.4 Å². The molecule has 0 bridgehead atoms. The van der Waals surface area contributed by atoms with Crippen molar-refractivity contribution in [2.24, 2.45) is 10.6 Å². The Morgan fingerprint density at radius 3 is 2.73 bits per heavy atom. The first-order chi connectivity index (χ1) is 19.1. The zero-order chi connectivity index (χ0) is 27.9. The summed E-state index contributed by atoms with van der Waals surface area (Å²) in [5.41, 5.74) is 2.50.